The van der Waals surface area contributed by atoms with Crippen LogP contribution in [-0.4, -0.2) is 23.1 Å². The first kappa shape index (κ1) is 25.0. The number of rotatable bonds is 6. The number of fused-ring (bicyclic) bond motifs is 1. The SMILES string of the molecule is COc1ccc(C(C(=O)NC(C)(C)CC(C)(C)C)n2c(=O)c(C#N)c(C)c3ccccc32)cc1. The molecule has 0 radical (unpaired) electrons. The summed E-state index contributed by atoms with van der Waals surface area (Å²) in [5.74, 6) is 0.342. The van der Waals surface area contributed by atoms with Gasteiger partial charge in [0, 0.05) is 10.9 Å². The monoisotopic (exact) mass is 459 g/mol. The molecule has 1 atom stereocenters. The van der Waals surface area contributed by atoms with Crippen molar-refractivity contribution in [3.8, 4) is 11.8 Å². The molecule has 0 saturated carbocycles. The first-order valence-electron chi connectivity index (χ1n) is 11.4. The smallest absolute Gasteiger partial charge is 0.270 e. The molecule has 178 valence electrons. The predicted molar refractivity (Wildman–Crippen MR) is 135 cm³/mol. The Hall–Kier alpha value is -3.59. The number of amides is 1. The van der Waals surface area contributed by atoms with Crippen molar-refractivity contribution in [1.82, 2.24) is 9.88 Å². The molecule has 1 amide bonds. The molecule has 0 aliphatic heterocycles. The minimum atomic E-state index is -0.963. The number of pyridine rings is 1. The molecule has 6 heteroatoms. The fourth-order valence-corrected chi connectivity index (χ4v) is 4.89. The van der Waals surface area contributed by atoms with Crippen LogP contribution < -0.4 is 15.6 Å². The second-order valence-corrected chi connectivity index (χ2v) is 10.6. The van der Waals surface area contributed by atoms with Gasteiger partial charge >= 0.3 is 0 Å². The van der Waals surface area contributed by atoms with Crippen LogP contribution in [0.1, 0.15) is 63.8 Å². The standard InChI is InChI=1S/C28H33N3O3/c1-18-21-10-8-9-11-23(21)31(26(33)22(18)16-29)24(19-12-14-20(34-7)15-13-19)25(32)30-28(5,6)17-27(2,3)4/h8-15,24H,17H2,1-7H3,(H,30,32). The number of carbonyl (C=O) groups excluding carboxylic acids is 1. The summed E-state index contributed by atoms with van der Waals surface area (Å²) in [6, 6.07) is 15.6. The molecule has 3 aromatic rings. The molecule has 1 N–H and O–H groups in total. The van der Waals surface area contributed by atoms with Crippen LogP contribution in [0.3, 0.4) is 0 Å². The quantitative estimate of drug-likeness (QED) is 0.555. The minimum Gasteiger partial charge on any atom is -0.497 e. The molecule has 0 aliphatic rings. The van der Waals surface area contributed by atoms with Crippen LogP contribution >= 0.6 is 0 Å². The maximum Gasteiger partial charge on any atom is 0.270 e. The highest BCUT2D eigenvalue weighted by Gasteiger charge is 2.33. The third-order valence-corrected chi connectivity index (χ3v) is 5.86. The van der Waals surface area contributed by atoms with Gasteiger partial charge in [-0.15, -0.1) is 0 Å². The lowest BCUT2D eigenvalue weighted by molar-refractivity contribution is -0.125. The maximum atomic E-state index is 13.9. The molecular weight excluding hydrogens is 426 g/mol. The van der Waals surface area contributed by atoms with Crippen molar-refractivity contribution >= 4 is 16.8 Å². The summed E-state index contributed by atoms with van der Waals surface area (Å²) < 4.78 is 6.73. The van der Waals surface area contributed by atoms with Crippen molar-refractivity contribution in [2.24, 2.45) is 5.41 Å². The Kier molecular flexibility index (Phi) is 6.88. The van der Waals surface area contributed by atoms with Crippen LogP contribution in [0.4, 0.5) is 0 Å². The first-order chi connectivity index (χ1) is 15.9. The second kappa shape index (κ2) is 9.34. The molecule has 2 aromatic carbocycles. The number of aromatic nitrogens is 1. The Labute approximate surface area is 201 Å². The van der Waals surface area contributed by atoms with Crippen LogP contribution in [0.25, 0.3) is 10.9 Å². The van der Waals surface area contributed by atoms with Gasteiger partial charge in [-0.05, 0) is 61.9 Å². The number of ether oxygens (including phenoxy) is 1. The largest absolute Gasteiger partial charge is 0.497 e. The van der Waals surface area contributed by atoms with Crippen molar-refractivity contribution in [2.75, 3.05) is 7.11 Å². The van der Waals surface area contributed by atoms with Gasteiger partial charge in [0.2, 0.25) is 5.91 Å². The summed E-state index contributed by atoms with van der Waals surface area (Å²) in [7, 11) is 1.57. The van der Waals surface area contributed by atoms with Crippen molar-refractivity contribution in [1.29, 1.82) is 5.26 Å². The van der Waals surface area contributed by atoms with E-state index in [-0.39, 0.29) is 16.9 Å². The maximum absolute atomic E-state index is 13.9. The number of hydrogen-bond acceptors (Lipinski definition) is 4. The molecule has 0 aliphatic carbocycles. The zero-order valence-electron chi connectivity index (χ0n) is 21.0. The highest BCUT2D eigenvalue weighted by Crippen LogP contribution is 2.30. The van der Waals surface area contributed by atoms with Crippen LogP contribution in [0.15, 0.2) is 53.3 Å². The molecule has 1 aromatic heterocycles. The highest BCUT2D eigenvalue weighted by molar-refractivity contribution is 5.89. The number of nitrogens with zero attached hydrogens (tertiary/aromatic N) is 2. The fourth-order valence-electron chi connectivity index (χ4n) is 4.89. The number of nitriles is 1. The topological polar surface area (TPSA) is 84.1 Å². The molecule has 0 bridgehead atoms. The lowest BCUT2D eigenvalue weighted by Crippen LogP contribution is -2.50. The number of benzene rings is 2. The van der Waals surface area contributed by atoms with Crippen LogP contribution in [0.5, 0.6) is 5.75 Å². The third kappa shape index (κ3) is 5.14. The van der Waals surface area contributed by atoms with Crippen molar-refractivity contribution in [3.63, 3.8) is 0 Å². The summed E-state index contributed by atoms with van der Waals surface area (Å²) >= 11 is 0. The molecule has 1 heterocycles. The lowest BCUT2D eigenvalue weighted by atomic mass is 9.81. The van der Waals surface area contributed by atoms with Gasteiger partial charge in [0.1, 0.15) is 23.4 Å². The molecule has 6 nitrogen and oxygen atoms in total. The number of para-hydroxylation sites is 1. The molecule has 34 heavy (non-hydrogen) atoms. The zero-order chi connectivity index (χ0) is 25.3. The van der Waals surface area contributed by atoms with E-state index >= 15 is 0 Å². The lowest BCUT2D eigenvalue weighted by Gasteiger charge is -2.35. The Morgan fingerprint density at radius 2 is 1.71 bits per heavy atom. The van der Waals surface area contributed by atoms with Gasteiger partial charge in [0.15, 0.2) is 0 Å². The summed E-state index contributed by atoms with van der Waals surface area (Å²) in [6.45, 7) is 12.1. The van der Waals surface area contributed by atoms with Gasteiger partial charge in [0.05, 0.1) is 12.6 Å². The van der Waals surface area contributed by atoms with E-state index in [0.29, 0.717) is 22.4 Å². The van der Waals surface area contributed by atoms with E-state index in [2.05, 4.69) is 32.2 Å². The second-order valence-electron chi connectivity index (χ2n) is 10.6. The van der Waals surface area contributed by atoms with Gasteiger partial charge in [-0.3, -0.25) is 14.2 Å². The Bertz CT molecular complexity index is 1310. The molecule has 0 fully saturated rings. The van der Waals surface area contributed by atoms with Gasteiger partial charge in [-0.25, -0.2) is 0 Å². The van der Waals surface area contributed by atoms with E-state index in [0.717, 1.165) is 11.8 Å². The van der Waals surface area contributed by atoms with E-state index in [1.807, 2.05) is 38.1 Å². The average Bonchev–Trinajstić information content (AvgIpc) is 2.75. The Balaban J connectivity index is 2.27. The van der Waals surface area contributed by atoms with E-state index in [1.165, 1.54) is 4.57 Å². The average molecular weight is 460 g/mol. The minimum absolute atomic E-state index is 0.00619. The molecular formula is C28H33N3O3. The van der Waals surface area contributed by atoms with E-state index in [1.54, 1.807) is 38.3 Å². The number of hydrogen-bond donors (Lipinski definition) is 1. The summed E-state index contributed by atoms with van der Waals surface area (Å²) in [5.41, 5.74) is 0.887. The van der Waals surface area contributed by atoms with E-state index in [4.69, 9.17) is 4.74 Å². The number of aryl methyl sites for hydroxylation is 1. The van der Waals surface area contributed by atoms with E-state index in [9.17, 15) is 14.9 Å². The van der Waals surface area contributed by atoms with Crippen molar-refractivity contribution in [3.05, 3.63) is 75.6 Å². The van der Waals surface area contributed by atoms with Crippen molar-refractivity contribution in [2.45, 2.75) is 59.5 Å². The van der Waals surface area contributed by atoms with Gasteiger partial charge in [-0.2, -0.15) is 5.26 Å². The predicted octanol–water partition coefficient (Wildman–Crippen LogP) is 5.11. The zero-order valence-corrected chi connectivity index (χ0v) is 21.0. The van der Waals surface area contributed by atoms with Crippen LogP contribution in [0, 0.1) is 23.7 Å². The number of carbonyl (C=O) groups is 1. The fraction of sp³-hybridized carbons (Fsp3) is 0.393. The number of methoxy groups -OCH3 is 1. The molecule has 1 unspecified atom stereocenters. The van der Waals surface area contributed by atoms with Crippen molar-refractivity contribution < 1.29 is 9.53 Å². The normalized spacial score (nSPS) is 12.8. The Morgan fingerprint density at radius 1 is 1.09 bits per heavy atom. The molecule has 0 saturated heterocycles. The summed E-state index contributed by atoms with van der Waals surface area (Å²) in [4.78, 5) is 27.5. The molecule has 3 rings (SSSR count). The first-order valence-corrected chi connectivity index (χ1v) is 11.4. The van der Waals surface area contributed by atoms with Crippen LogP contribution in [0.2, 0.25) is 0 Å². The number of nitrogens with one attached hydrogen (secondary N) is 1. The Morgan fingerprint density at radius 3 is 2.26 bits per heavy atom. The van der Waals surface area contributed by atoms with Gasteiger partial charge < -0.3 is 10.1 Å². The highest BCUT2D eigenvalue weighted by atomic mass is 16.5. The van der Waals surface area contributed by atoms with Crippen LogP contribution in [-0.2, 0) is 4.79 Å². The van der Waals surface area contributed by atoms with Gasteiger partial charge in [0.25, 0.3) is 5.56 Å². The van der Waals surface area contributed by atoms with E-state index < -0.39 is 17.1 Å². The third-order valence-electron chi connectivity index (χ3n) is 5.86. The van der Waals surface area contributed by atoms with Gasteiger partial charge in [-0.1, -0.05) is 51.1 Å². The summed E-state index contributed by atoms with van der Waals surface area (Å²) in [6.07, 6.45) is 0.744. The summed E-state index contributed by atoms with van der Waals surface area (Å²) in [5, 5.41) is 13.7. The molecule has 0 spiro atoms.